The third-order valence-electron chi connectivity index (χ3n) is 2.11. The number of nitrogens with zero attached hydrogens (tertiary/aromatic N) is 1. The van der Waals surface area contributed by atoms with Crippen LogP contribution in [0.1, 0.15) is 10.4 Å². The molecule has 0 aliphatic rings. The van der Waals surface area contributed by atoms with Gasteiger partial charge in [-0.15, -0.1) is 0 Å². The Hall–Kier alpha value is -1.14. The highest BCUT2D eigenvalue weighted by molar-refractivity contribution is 14.1. The third-order valence-corrected chi connectivity index (χ3v) is 3.26. The van der Waals surface area contributed by atoms with E-state index in [1.54, 1.807) is 6.07 Å². The summed E-state index contributed by atoms with van der Waals surface area (Å²) < 4.78 is 0.985. The molecule has 1 heterocycles. The summed E-state index contributed by atoms with van der Waals surface area (Å²) in [6.45, 7) is 0. The van der Waals surface area contributed by atoms with Gasteiger partial charge in [0.05, 0.1) is 5.69 Å². The summed E-state index contributed by atoms with van der Waals surface area (Å²) in [5.41, 5.74) is 1.27. The first kappa shape index (κ1) is 12.3. The van der Waals surface area contributed by atoms with Crippen molar-refractivity contribution in [2.75, 3.05) is 5.32 Å². The highest BCUT2D eigenvalue weighted by atomic mass is 127. The molecule has 17 heavy (non-hydrogen) atoms. The summed E-state index contributed by atoms with van der Waals surface area (Å²) in [7, 11) is 0. The molecule has 86 valence electrons. The summed E-state index contributed by atoms with van der Waals surface area (Å²) in [5.74, 6) is -0.196. The van der Waals surface area contributed by atoms with E-state index >= 15 is 0 Å². The maximum atomic E-state index is 11.9. The van der Waals surface area contributed by atoms with Crippen molar-refractivity contribution < 1.29 is 4.79 Å². The lowest BCUT2D eigenvalue weighted by Gasteiger charge is -2.06. The molecule has 0 aliphatic heterocycles. The fourth-order valence-electron chi connectivity index (χ4n) is 1.30. The standard InChI is InChI=1S/C12H8ClIN2O/c13-11-7-8(5-6-15-11)12(17)16-10-4-2-1-3-9(10)14/h1-7H,(H,16,17). The number of halogens is 2. The van der Waals surface area contributed by atoms with E-state index in [1.165, 1.54) is 12.3 Å². The molecule has 3 nitrogen and oxygen atoms in total. The summed E-state index contributed by atoms with van der Waals surface area (Å²) in [5, 5.41) is 3.13. The summed E-state index contributed by atoms with van der Waals surface area (Å²) in [6, 6.07) is 10.7. The summed E-state index contributed by atoms with van der Waals surface area (Å²) >= 11 is 7.90. The summed E-state index contributed by atoms with van der Waals surface area (Å²) in [6.07, 6.45) is 1.51. The van der Waals surface area contributed by atoms with Crippen LogP contribution < -0.4 is 5.32 Å². The molecule has 0 aliphatic carbocycles. The van der Waals surface area contributed by atoms with E-state index in [0.717, 1.165) is 9.26 Å². The highest BCUT2D eigenvalue weighted by Crippen LogP contribution is 2.18. The van der Waals surface area contributed by atoms with Gasteiger partial charge >= 0.3 is 0 Å². The lowest BCUT2D eigenvalue weighted by atomic mass is 10.2. The van der Waals surface area contributed by atoms with Crippen LogP contribution in [-0.4, -0.2) is 10.9 Å². The number of carbonyl (C=O) groups excluding carboxylic acids is 1. The van der Waals surface area contributed by atoms with Gasteiger partial charge in [-0.25, -0.2) is 4.98 Å². The van der Waals surface area contributed by atoms with Gasteiger partial charge in [-0.1, -0.05) is 23.7 Å². The average Bonchev–Trinajstić information content (AvgIpc) is 2.32. The number of anilines is 1. The number of carbonyl (C=O) groups is 1. The first-order valence-corrected chi connectivity index (χ1v) is 6.30. The lowest BCUT2D eigenvalue weighted by molar-refractivity contribution is 0.102. The molecule has 1 N–H and O–H groups in total. The van der Waals surface area contributed by atoms with Gasteiger partial charge in [-0.2, -0.15) is 0 Å². The maximum absolute atomic E-state index is 11.9. The molecule has 2 rings (SSSR count). The minimum absolute atomic E-state index is 0.196. The van der Waals surface area contributed by atoms with Crippen LogP contribution in [-0.2, 0) is 0 Å². The number of para-hydroxylation sites is 1. The van der Waals surface area contributed by atoms with Gasteiger partial charge in [0.25, 0.3) is 5.91 Å². The molecule has 0 saturated heterocycles. The van der Waals surface area contributed by atoms with Crippen LogP contribution in [0.3, 0.4) is 0 Å². The van der Waals surface area contributed by atoms with Crippen molar-refractivity contribution in [1.82, 2.24) is 4.98 Å². The van der Waals surface area contributed by atoms with Gasteiger partial charge in [-0.05, 0) is 46.9 Å². The van der Waals surface area contributed by atoms with E-state index in [-0.39, 0.29) is 5.91 Å². The second-order valence-corrected chi connectivity index (χ2v) is 4.85. The van der Waals surface area contributed by atoms with Crippen molar-refractivity contribution in [2.24, 2.45) is 0 Å². The molecule has 0 spiro atoms. The zero-order chi connectivity index (χ0) is 12.3. The Morgan fingerprint density at radius 3 is 2.76 bits per heavy atom. The SMILES string of the molecule is O=C(Nc1ccccc1I)c1ccnc(Cl)c1. The van der Waals surface area contributed by atoms with Crippen LogP contribution in [0, 0.1) is 3.57 Å². The van der Waals surface area contributed by atoms with Gasteiger partial charge in [0.2, 0.25) is 0 Å². The Kier molecular flexibility index (Phi) is 3.96. The van der Waals surface area contributed by atoms with E-state index in [1.807, 2.05) is 24.3 Å². The molecule has 0 radical (unpaired) electrons. The first-order valence-electron chi connectivity index (χ1n) is 4.84. The molecule has 0 unspecified atom stereocenters. The van der Waals surface area contributed by atoms with E-state index in [2.05, 4.69) is 32.9 Å². The predicted molar refractivity (Wildman–Crippen MR) is 76.4 cm³/mol. The molecule has 0 atom stereocenters. The number of aromatic nitrogens is 1. The van der Waals surface area contributed by atoms with Crippen LogP contribution >= 0.6 is 34.2 Å². The van der Waals surface area contributed by atoms with E-state index in [9.17, 15) is 4.79 Å². The van der Waals surface area contributed by atoms with E-state index in [4.69, 9.17) is 11.6 Å². The minimum Gasteiger partial charge on any atom is -0.321 e. The number of hydrogen-bond acceptors (Lipinski definition) is 2. The molecule has 1 amide bonds. The number of benzene rings is 1. The zero-order valence-electron chi connectivity index (χ0n) is 8.65. The third kappa shape index (κ3) is 3.17. The van der Waals surface area contributed by atoms with Crippen LogP contribution in [0.5, 0.6) is 0 Å². The second-order valence-electron chi connectivity index (χ2n) is 3.30. The minimum atomic E-state index is -0.196. The molecule has 0 fully saturated rings. The summed E-state index contributed by atoms with van der Waals surface area (Å²) in [4.78, 5) is 15.7. The number of hydrogen-bond donors (Lipinski definition) is 1. The monoisotopic (exact) mass is 358 g/mol. The fraction of sp³-hybridized carbons (Fsp3) is 0. The Balaban J connectivity index is 2.20. The maximum Gasteiger partial charge on any atom is 0.255 e. The van der Waals surface area contributed by atoms with Gasteiger partial charge in [0, 0.05) is 15.3 Å². The molecule has 1 aromatic carbocycles. The van der Waals surface area contributed by atoms with Crippen molar-refractivity contribution in [3.8, 4) is 0 Å². The average molecular weight is 359 g/mol. The van der Waals surface area contributed by atoms with Crippen molar-refractivity contribution in [2.45, 2.75) is 0 Å². The fourth-order valence-corrected chi connectivity index (χ4v) is 2.00. The molecule has 0 saturated carbocycles. The molecule has 0 bridgehead atoms. The predicted octanol–water partition coefficient (Wildman–Crippen LogP) is 3.59. The van der Waals surface area contributed by atoms with E-state index in [0.29, 0.717) is 10.7 Å². The Bertz CT molecular complexity index is 560. The van der Waals surface area contributed by atoms with Crippen LogP contribution in [0.2, 0.25) is 5.15 Å². The lowest BCUT2D eigenvalue weighted by Crippen LogP contribution is -2.12. The van der Waals surface area contributed by atoms with Gasteiger partial charge in [0.15, 0.2) is 0 Å². The first-order chi connectivity index (χ1) is 8.16. The smallest absolute Gasteiger partial charge is 0.255 e. The molecular formula is C12H8ClIN2O. The quantitative estimate of drug-likeness (QED) is 0.658. The number of rotatable bonds is 2. The van der Waals surface area contributed by atoms with Crippen LogP contribution in [0.25, 0.3) is 0 Å². The molecular weight excluding hydrogens is 351 g/mol. The van der Waals surface area contributed by atoms with Gasteiger partial charge in [-0.3, -0.25) is 4.79 Å². The Morgan fingerprint density at radius 1 is 1.29 bits per heavy atom. The number of pyridine rings is 1. The van der Waals surface area contributed by atoms with Crippen molar-refractivity contribution in [3.05, 3.63) is 56.9 Å². The van der Waals surface area contributed by atoms with Crippen LogP contribution in [0.15, 0.2) is 42.6 Å². The van der Waals surface area contributed by atoms with Crippen molar-refractivity contribution >= 4 is 45.8 Å². The molecule has 1 aromatic heterocycles. The highest BCUT2D eigenvalue weighted by Gasteiger charge is 2.08. The second kappa shape index (κ2) is 5.46. The van der Waals surface area contributed by atoms with Gasteiger partial charge < -0.3 is 5.32 Å². The Labute approximate surface area is 117 Å². The number of amides is 1. The van der Waals surface area contributed by atoms with Crippen LogP contribution in [0.4, 0.5) is 5.69 Å². The normalized spacial score (nSPS) is 10.0. The molecule has 5 heteroatoms. The van der Waals surface area contributed by atoms with E-state index < -0.39 is 0 Å². The largest absolute Gasteiger partial charge is 0.321 e. The molecule has 2 aromatic rings. The van der Waals surface area contributed by atoms with Crippen molar-refractivity contribution in [3.63, 3.8) is 0 Å². The van der Waals surface area contributed by atoms with Gasteiger partial charge in [0.1, 0.15) is 5.15 Å². The van der Waals surface area contributed by atoms with Crippen molar-refractivity contribution in [1.29, 1.82) is 0 Å². The number of nitrogens with one attached hydrogen (secondary N) is 1. The zero-order valence-corrected chi connectivity index (χ0v) is 11.6. The topological polar surface area (TPSA) is 42.0 Å². The Morgan fingerprint density at radius 2 is 2.06 bits per heavy atom.